The van der Waals surface area contributed by atoms with Crippen LogP contribution in [0, 0.1) is 5.82 Å². The molecule has 23 heavy (non-hydrogen) atoms. The number of nitrogens with zero attached hydrogens (tertiary/aromatic N) is 2. The number of carbonyl (C=O) groups excluding carboxylic acids is 1. The highest BCUT2D eigenvalue weighted by Crippen LogP contribution is 2.15. The van der Waals surface area contributed by atoms with Crippen LogP contribution >= 0.6 is 15.9 Å². The summed E-state index contributed by atoms with van der Waals surface area (Å²) in [6, 6.07) is 14.1. The van der Waals surface area contributed by atoms with E-state index in [9.17, 15) is 9.18 Å². The Balaban J connectivity index is 1.55. The third-order valence-electron chi connectivity index (χ3n) is 4.05. The maximum absolute atomic E-state index is 12.9. The molecule has 0 N–H and O–H groups in total. The van der Waals surface area contributed by atoms with Crippen LogP contribution in [-0.2, 0) is 6.54 Å². The number of carbonyl (C=O) groups is 1. The molecule has 1 aliphatic heterocycles. The maximum atomic E-state index is 12.9. The SMILES string of the molecule is O=C(c1cccc(Br)c1)N1CCN(Cc2ccc(F)cc2)CC1. The van der Waals surface area contributed by atoms with E-state index in [1.807, 2.05) is 41.3 Å². The van der Waals surface area contributed by atoms with Gasteiger partial charge >= 0.3 is 0 Å². The average Bonchev–Trinajstić information content (AvgIpc) is 2.57. The Kier molecular flexibility index (Phi) is 5.08. The molecule has 2 aromatic carbocycles. The fourth-order valence-electron chi connectivity index (χ4n) is 2.76. The minimum absolute atomic E-state index is 0.0766. The van der Waals surface area contributed by atoms with Crippen molar-refractivity contribution < 1.29 is 9.18 Å². The van der Waals surface area contributed by atoms with Gasteiger partial charge in [0, 0.05) is 42.8 Å². The van der Waals surface area contributed by atoms with Crippen LogP contribution < -0.4 is 0 Å². The summed E-state index contributed by atoms with van der Waals surface area (Å²) in [5.41, 5.74) is 1.81. The smallest absolute Gasteiger partial charge is 0.253 e. The zero-order valence-corrected chi connectivity index (χ0v) is 14.3. The Labute approximate surface area is 143 Å². The molecule has 0 aliphatic carbocycles. The van der Waals surface area contributed by atoms with E-state index in [1.54, 1.807) is 0 Å². The molecule has 0 atom stereocenters. The van der Waals surface area contributed by atoms with Crippen LogP contribution in [0.25, 0.3) is 0 Å². The summed E-state index contributed by atoms with van der Waals surface area (Å²) >= 11 is 3.40. The van der Waals surface area contributed by atoms with Crippen molar-refractivity contribution in [2.75, 3.05) is 26.2 Å². The maximum Gasteiger partial charge on any atom is 0.253 e. The lowest BCUT2D eigenvalue weighted by atomic mass is 10.1. The van der Waals surface area contributed by atoms with Gasteiger partial charge in [0.05, 0.1) is 0 Å². The lowest BCUT2D eigenvalue weighted by Crippen LogP contribution is -2.48. The quantitative estimate of drug-likeness (QED) is 0.817. The summed E-state index contributed by atoms with van der Waals surface area (Å²) in [6.45, 7) is 3.88. The molecule has 0 saturated carbocycles. The highest BCUT2D eigenvalue weighted by Gasteiger charge is 2.22. The van der Waals surface area contributed by atoms with Crippen LogP contribution in [0.5, 0.6) is 0 Å². The topological polar surface area (TPSA) is 23.6 Å². The Morgan fingerprint density at radius 2 is 1.74 bits per heavy atom. The molecule has 0 bridgehead atoms. The highest BCUT2D eigenvalue weighted by molar-refractivity contribution is 9.10. The van der Waals surface area contributed by atoms with Crippen LogP contribution in [0.4, 0.5) is 4.39 Å². The standard InChI is InChI=1S/C18H18BrFN2O/c19-16-3-1-2-15(12-16)18(23)22-10-8-21(9-11-22)13-14-4-6-17(20)7-5-14/h1-7,12H,8-11,13H2. The molecule has 1 amide bonds. The van der Waals surface area contributed by atoms with Crippen LogP contribution in [0.3, 0.4) is 0 Å². The normalized spacial score (nSPS) is 15.7. The number of rotatable bonds is 3. The molecule has 3 nitrogen and oxygen atoms in total. The summed E-state index contributed by atoms with van der Waals surface area (Å²) < 4.78 is 13.8. The van der Waals surface area contributed by atoms with Gasteiger partial charge in [0.25, 0.3) is 5.91 Å². The Hall–Kier alpha value is -1.72. The van der Waals surface area contributed by atoms with Gasteiger partial charge in [-0.05, 0) is 35.9 Å². The molecule has 0 spiro atoms. The first-order valence-electron chi connectivity index (χ1n) is 7.63. The minimum atomic E-state index is -0.210. The van der Waals surface area contributed by atoms with Gasteiger partial charge in [0.2, 0.25) is 0 Å². The van der Waals surface area contributed by atoms with E-state index in [1.165, 1.54) is 12.1 Å². The predicted octanol–water partition coefficient (Wildman–Crippen LogP) is 3.55. The first-order valence-corrected chi connectivity index (χ1v) is 8.43. The Morgan fingerprint density at radius 1 is 1.04 bits per heavy atom. The van der Waals surface area contributed by atoms with Crippen molar-refractivity contribution in [3.63, 3.8) is 0 Å². The number of hydrogen-bond acceptors (Lipinski definition) is 2. The van der Waals surface area contributed by atoms with Gasteiger partial charge in [-0.15, -0.1) is 0 Å². The summed E-state index contributed by atoms with van der Waals surface area (Å²) in [7, 11) is 0. The molecule has 1 fully saturated rings. The lowest BCUT2D eigenvalue weighted by molar-refractivity contribution is 0.0628. The van der Waals surface area contributed by atoms with Gasteiger partial charge in [-0.1, -0.05) is 34.1 Å². The first-order chi connectivity index (χ1) is 11.1. The molecular formula is C18H18BrFN2O. The van der Waals surface area contributed by atoms with Crippen molar-refractivity contribution in [2.24, 2.45) is 0 Å². The number of amides is 1. The summed E-state index contributed by atoms with van der Waals surface area (Å²) in [6.07, 6.45) is 0. The van der Waals surface area contributed by atoms with E-state index in [0.29, 0.717) is 18.7 Å². The zero-order chi connectivity index (χ0) is 16.2. The molecule has 0 aromatic heterocycles. The summed E-state index contributed by atoms with van der Waals surface area (Å²) in [5, 5.41) is 0. The van der Waals surface area contributed by atoms with Crippen molar-refractivity contribution in [1.29, 1.82) is 0 Å². The zero-order valence-electron chi connectivity index (χ0n) is 12.7. The Morgan fingerprint density at radius 3 is 2.39 bits per heavy atom. The molecule has 1 heterocycles. The number of halogens is 2. The average molecular weight is 377 g/mol. The van der Waals surface area contributed by atoms with E-state index in [0.717, 1.165) is 29.7 Å². The second-order valence-electron chi connectivity index (χ2n) is 5.71. The second kappa shape index (κ2) is 7.23. The molecule has 1 aliphatic rings. The molecule has 1 saturated heterocycles. The first kappa shape index (κ1) is 16.1. The van der Waals surface area contributed by atoms with E-state index < -0.39 is 0 Å². The molecular weight excluding hydrogens is 359 g/mol. The third kappa shape index (κ3) is 4.18. The van der Waals surface area contributed by atoms with Gasteiger partial charge < -0.3 is 4.90 Å². The van der Waals surface area contributed by atoms with Crippen LogP contribution in [0.15, 0.2) is 53.0 Å². The molecule has 2 aromatic rings. The molecule has 5 heteroatoms. The van der Waals surface area contributed by atoms with Crippen molar-refractivity contribution in [1.82, 2.24) is 9.80 Å². The largest absolute Gasteiger partial charge is 0.336 e. The fourth-order valence-corrected chi connectivity index (χ4v) is 3.16. The van der Waals surface area contributed by atoms with Gasteiger partial charge in [0.15, 0.2) is 0 Å². The van der Waals surface area contributed by atoms with Crippen molar-refractivity contribution in [2.45, 2.75) is 6.54 Å². The Bertz CT molecular complexity index is 682. The molecule has 0 radical (unpaired) electrons. The fraction of sp³-hybridized carbons (Fsp3) is 0.278. The monoisotopic (exact) mass is 376 g/mol. The van der Waals surface area contributed by atoms with Gasteiger partial charge in [-0.3, -0.25) is 9.69 Å². The van der Waals surface area contributed by atoms with Crippen LogP contribution in [-0.4, -0.2) is 41.9 Å². The third-order valence-corrected chi connectivity index (χ3v) is 4.54. The van der Waals surface area contributed by atoms with E-state index >= 15 is 0 Å². The van der Waals surface area contributed by atoms with Crippen LogP contribution in [0.1, 0.15) is 15.9 Å². The van der Waals surface area contributed by atoms with Crippen LogP contribution in [0.2, 0.25) is 0 Å². The number of hydrogen-bond donors (Lipinski definition) is 0. The van der Waals surface area contributed by atoms with E-state index in [4.69, 9.17) is 0 Å². The molecule has 120 valence electrons. The lowest BCUT2D eigenvalue weighted by Gasteiger charge is -2.34. The molecule has 3 rings (SSSR count). The van der Waals surface area contributed by atoms with Gasteiger partial charge in [-0.25, -0.2) is 4.39 Å². The highest BCUT2D eigenvalue weighted by atomic mass is 79.9. The second-order valence-corrected chi connectivity index (χ2v) is 6.62. The number of piperazine rings is 1. The van der Waals surface area contributed by atoms with Gasteiger partial charge in [-0.2, -0.15) is 0 Å². The van der Waals surface area contributed by atoms with E-state index in [-0.39, 0.29) is 11.7 Å². The predicted molar refractivity (Wildman–Crippen MR) is 91.7 cm³/mol. The van der Waals surface area contributed by atoms with Gasteiger partial charge in [0.1, 0.15) is 5.82 Å². The van der Waals surface area contributed by atoms with Crippen molar-refractivity contribution in [3.8, 4) is 0 Å². The number of benzene rings is 2. The summed E-state index contributed by atoms with van der Waals surface area (Å²) in [4.78, 5) is 16.7. The van der Waals surface area contributed by atoms with Crippen molar-refractivity contribution in [3.05, 3.63) is 69.9 Å². The summed E-state index contributed by atoms with van der Waals surface area (Å²) in [5.74, 6) is -0.133. The minimum Gasteiger partial charge on any atom is -0.336 e. The van der Waals surface area contributed by atoms with Crippen molar-refractivity contribution >= 4 is 21.8 Å². The molecule has 0 unspecified atom stereocenters. The van der Waals surface area contributed by atoms with E-state index in [2.05, 4.69) is 20.8 Å².